The number of anilines is 1. The fourth-order valence-corrected chi connectivity index (χ4v) is 8.79. The monoisotopic (exact) mass is 697 g/mol. The highest BCUT2D eigenvalue weighted by molar-refractivity contribution is 7.92. The molecule has 256 valence electrons. The predicted octanol–water partition coefficient (Wildman–Crippen LogP) is 5.95. The molecule has 0 saturated carbocycles. The van der Waals surface area contributed by atoms with Crippen molar-refractivity contribution in [1.29, 1.82) is 0 Å². The Kier molecular flexibility index (Phi) is 8.09. The van der Waals surface area contributed by atoms with E-state index in [9.17, 15) is 49.1 Å². The summed E-state index contributed by atoms with van der Waals surface area (Å²) in [5.41, 5.74) is -4.42. The van der Waals surface area contributed by atoms with Crippen LogP contribution in [0.4, 0.5) is 36.4 Å². The Morgan fingerprint density at radius 1 is 0.958 bits per heavy atom. The molecule has 3 heterocycles. The molecule has 1 fully saturated rings. The molecule has 3 atom stereocenters. The van der Waals surface area contributed by atoms with Crippen LogP contribution in [0.2, 0.25) is 0 Å². The molecule has 0 spiro atoms. The van der Waals surface area contributed by atoms with Crippen LogP contribution in [0, 0.1) is 5.82 Å². The number of fused-ring (bicyclic) bond motifs is 4. The maximum Gasteiger partial charge on any atom is 0.430 e. The zero-order chi connectivity index (χ0) is 35.0. The van der Waals surface area contributed by atoms with Crippen molar-refractivity contribution in [2.45, 2.75) is 60.1 Å². The fourth-order valence-electron chi connectivity index (χ4n) is 7.07. The number of likely N-dealkylation sites (N-methyl/N-ethyl adjacent to an activating group) is 1. The second kappa shape index (κ2) is 11.5. The van der Waals surface area contributed by atoms with Gasteiger partial charge in [0.1, 0.15) is 5.82 Å². The molecule has 1 amide bonds. The van der Waals surface area contributed by atoms with Crippen LogP contribution in [0.15, 0.2) is 78.2 Å². The van der Waals surface area contributed by atoms with E-state index in [1.165, 1.54) is 0 Å². The van der Waals surface area contributed by atoms with Gasteiger partial charge in [-0.15, -0.1) is 0 Å². The molecule has 0 aliphatic carbocycles. The number of likely N-dealkylation sites (tertiary alicyclic amines) is 1. The van der Waals surface area contributed by atoms with E-state index in [1.807, 2.05) is 36.2 Å². The molecule has 3 aromatic rings. The van der Waals surface area contributed by atoms with Crippen molar-refractivity contribution < 1.29 is 49.1 Å². The minimum absolute atomic E-state index is 0.0498. The van der Waals surface area contributed by atoms with Crippen molar-refractivity contribution in [2.24, 2.45) is 0 Å². The number of hydrogen-bond acceptors (Lipinski definition) is 5. The van der Waals surface area contributed by atoms with E-state index in [4.69, 9.17) is 0 Å². The zero-order valence-electron chi connectivity index (χ0n) is 25.4. The minimum Gasteiger partial charge on any atom is -0.369 e. The van der Waals surface area contributed by atoms with E-state index in [0.29, 0.717) is 25.2 Å². The third-order valence-corrected chi connectivity index (χ3v) is 11.5. The minimum atomic E-state index is -6.14. The highest BCUT2D eigenvalue weighted by Gasteiger charge is 2.71. The van der Waals surface area contributed by atoms with Crippen LogP contribution in [0.5, 0.6) is 0 Å². The number of hydrogen-bond donors (Lipinski definition) is 1. The number of sulfonamides is 1. The van der Waals surface area contributed by atoms with Gasteiger partial charge in [-0.2, -0.15) is 26.3 Å². The summed E-state index contributed by atoms with van der Waals surface area (Å²) in [5.74, 6) is -1.19. The first-order valence-corrected chi connectivity index (χ1v) is 16.4. The number of rotatable bonds is 5. The molecule has 3 aliphatic rings. The summed E-state index contributed by atoms with van der Waals surface area (Å²) in [5, 5.41) is 9.99. The van der Waals surface area contributed by atoms with Crippen LogP contribution in [0.25, 0.3) is 5.70 Å². The van der Waals surface area contributed by atoms with Crippen molar-refractivity contribution in [3.63, 3.8) is 0 Å². The number of halogens is 7. The Balaban J connectivity index is 1.36. The molecule has 3 aliphatic heterocycles. The largest absolute Gasteiger partial charge is 0.430 e. The lowest BCUT2D eigenvalue weighted by molar-refractivity contribution is -0.376. The molecule has 0 aromatic heterocycles. The molecule has 0 radical (unpaired) electrons. The van der Waals surface area contributed by atoms with E-state index in [0.717, 1.165) is 51.5 Å². The summed E-state index contributed by atoms with van der Waals surface area (Å²) >= 11 is 0. The highest BCUT2D eigenvalue weighted by Crippen LogP contribution is 2.51. The van der Waals surface area contributed by atoms with Gasteiger partial charge in [0.05, 0.1) is 22.7 Å². The topological polar surface area (TPSA) is 81.2 Å². The van der Waals surface area contributed by atoms with Gasteiger partial charge in [0, 0.05) is 49.3 Å². The standard InChI is InChI=1S/C33H30F7N3O4S/c1-19-25-5-3-4-6-26(25)27-17-42(18-29(27)41(19)2)30(44)16-23-11-7-20-15-21(31(45,32(35,36)37)33(38,39)40)8-14-28(20)43(23)48(46,47)24-12-9-22(34)10-13-24/h3-6,8-10,12-15,23,27,29,45H,1,7,11,16-18H2,2H3. The molecule has 15 heteroatoms. The molecule has 3 aromatic carbocycles. The van der Waals surface area contributed by atoms with Crippen LogP contribution in [-0.2, 0) is 26.8 Å². The Bertz CT molecular complexity index is 1860. The molecule has 1 N–H and O–H groups in total. The van der Waals surface area contributed by atoms with Crippen LogP contribution >= 0.6 is 0 Å². The maximum absolute atomic E-state index is 14.0. The second-order valence-electron chi connectivity index (χ2n) is 12.3. The summed E-state index contributed by atoms with van der Waals surface area (Å²) in [6.07, 6.45) is -13.0. The Hall–Kier alpha value is -4.11. The lowest BCUT2D eigenvalue weighted by Gasteiger charge is -2.39. The number of aliphatic hydroxyl groups is 1. The van der Waals surface area contributed by atoms with Gasteiger partial charge in [-0.3, -0.25) is 9.10 Å². The summed E-state index contributed by atoms with van der Waals surface area (Å²) in [7, 11) is -2.74. The SMILES string of the molecule is C=C1c2ccccc2C2CN(C(=O)CC3CCc4cc(C(O)(C(F)(F)F)C(F)(F)F)ccc4N3S(=O)(=O)c3ccc(F)cc3)CC2N1C. The van der Waals surface area contributed by atoms with Crippen molar-refractivity contribution in [3.8, 4) is 0 Å². The summed E-state index contributed by atoms with van der Waals surface area (Å²) in [4.78, 5) is 17.1. The van der Waals surface area contributed by atoms with E-state index in [2.05, 4.69) is 6.58 Å². The highest BCUT2D eigenvalue weighted by atomic mass is 32.2. The van der Waals surface area contributed by atoms with E-state index >= 15 is 0 Å². The predicted molar refractivity (Wildman–Crippen MR) is 162 cm³/mol. The van der Waals surface area contributed by atoms with Gasteiger partial charge in [-0.1, -0.05) is 43.0 Å². The quantitative estimate of drug-likeness (QED) is 0.334. The molecular weight excluding hydrogens is 667 g/mol. The Morgan fingerprint density at radius 3 is 2.25 bits per heavy atom. The van der Waals surface area contributed by atoms with Crippen LogP contribution in [0.3, 0.4) is 0 Å². The first kappa shape index (κ1) is 33.8. The lowest BCUT2D eigenvalue weighted by Crippen LogP contribution is -2.54. The Morgan fingerprint density at radius 2 is 1.60 bits per heavy atom. The van der Waals surface area contributed by atoms with Gasteiger partial charge in [0.2, 0.25) is 5.91 Å². The van der Waals surface area contributed by atoms with Gasteiger partial charge in [-0.25, -0.2) is 12.8 Å². The Labute approximate surface area is 271 Å². The first-order valence-electron chi connectivity index (χ1n) is 14.9. The average Bonchev–Trinajstić information content (AvgIpc) is 3.48. The number of alkyl halides is 6. The van der Waals surface area contributed by atoms with Gasteiger partial charge >= 0.3 is 12.4 Å². The van der Waals surface area contributed by atoms with E-state index in [1.54, 1.807) is 4.90 Å². The van der Waals surface area contributed by atoms with Gasteiger partial charge < -0.3 is 14.9 Å². The smallest absolute Gasteiger partial charge is 0.369 e. The third kappa shape index (κ3) is 5.31. The molecule has 6 rings (SSSR count). The van der Waals surface area contributed by atoms with Crippen molar-refractivity contribution in [1.82, 2.24) is 9.80 Å². The van der Waals surface area contributed by atoms with Crippen LogP contribution in [0.1, 0.15) is 41.0 Å². The van der Waals surface area contributed by atoms with E-state index < -0.39 is 56.2 Å². The van der Waals surface area contributed by atoms with Crippen LogP contribution in [-0.4, -0.2) is 73.8 Å². The summed E-state index contributed by atoms with van der Waals surface area (Å²) in [6, 6.07) is 11.9. The number of amides is 1. The molecule has 1 saturated heterocycles. The van der Waals surface area contributed by atoms with Gasteiger partial charge in [0.25, 0.3) is 15.6 Å². The molecule has 3 unspecified atom stereocenters. The number of aryl methyl sites for hydroxylation is 1. The van der Waals surface area contributed by atoms with E-state index in [-0.39, 0.29) is 42.5 Å². The normalized spacial score (nSPS) is 21.6. The second-order valence-corrected chi connectivity index (χ2v) is 14.1. The first-order chi connectivity index (χ1) is 22.4. The fraction of sp³-hybridized carbons (Fsp3) is 0.364. The molecular formula is C33H30F7N3O4S. The van der Waals surface area contributed by atoms with Crippen molar-refractivity contribution in [3.05, 3.63) is 101 Å². The van der Waals surface area contributed by atoms with Crippen molar-refractivity contribution >= 4 is 27.3 Å². The van der Waals surface area contributed by atoms with Gasteiger partial charge in [-0.05, 0) is 54.3 Å². The summed E-state index contributed by atoms with van der Waals surface area (Å²) in [6.45, 7) is 4.84. The number of benzene rings is 3. The third-order valence-electron chi connectivity index (χ3n) is 9.65. The van der Waals surface area contributed by atoms with Gasteiger partial charge in [0.15, 0.2) is 0 Å². The van der Waals surface area contributed by atoms with Crippen molar-refractivity contribution in [2.75, 3.05) is 24.4 Å². The van der Waals surface area contributed by atoms with Crippen LogP contribution < -0.4 is 4.31 Å². The number of nitrogens with zero attached hydrogens (tertiary/aromatic N) is 3. The molecule has 0 bridgehead atoms. The molecule has 48 heavy (non-hydrogen) atoms. The maximum atomic E-state index is 14.0. The number of carbonyl (C=O) groups excluding carboxylic acids is 1. The average molecular weight is 698 g/mol. The number of carbonyl (C=O) groups is 1. The molecule has 7 nitrogen and oxygen atoms in total. The summed E-state index contributed by atoms with van der Waals surface area (Å²) < 4.78 is 125. The lowest BCUT2D eigenvalue weighted by atomic mass is 9.84. The zero-order valence-corrected chi connectivity index (χ0v) is 26.2.